The molecule has 0 spiro atoms. The van der Waals surface area contributed by atoms with Gasteiger partial charge in [-0.15, -0.1) is 0 Å². The Morgan fingerprint density at radius 1 is 0.943 bits per heavy atom. The molecule has 1 aliphatic carbocycles. The molecule has 12 nitrogen and oxygen atoms in total. The SMILES string of the molecule is [C-]#[N+]/C(C#N)=C1/C(=CC2=Nc3ccc(S(=O)(=O)O)cc3[C@@]2(C)CCCCCC(=O)O)C(O)=C1C=C1Nc2ccc(C)cc2[C@@]1(C)CCCCCC(=O)O. The summed E-state index contributed by atoms with van der Waals surface area (Å²) in [6.45, 7) is 13.8. The van der Waals surface area contributed by atoms with Gasteiger partial charge in [0.1, 0.15) is 5.76 Å². The summed E-state index contributed by atoms with van der Waals surface area (Å²) in [7, 11) is -4.54. The fourth-order valence-corrected chi connectivity index (χ4v) is 7.97. The first kappa shape index (κ1) is 38.7. The number of unbranched alkanes of at least 4 members (excludes halogenated alkanes) is 4. The summed E-state index contributed by atoms with van der Waals surface area (Å²) in [6, 6.07) is 12.1. The summed E-state index contributed by atoms with van der Waals surface area (Å²) < 4.78 is 34.0. The molecular weight excluding hydrogens is 697 g/mol. The van der Waals surface area contributed by atoms with Gasteiger partial charge in [-0.05, 0) is 94.0 Å². The van der Waals surface area contributed by atoms with E-state index in [0.29, 0.717) is 67.5 Å². The number of carbonyl (C=O) groups is 2. The minimum atomic E-state index is -4.54. The highest BCUT2D eigenvalue weighted by Crippen LogP contribution is 2.51. The number of aliphatic hydroxyl groups excluding tert-OH is 1. The first-order valence-corrected chi connectivity index (χ1v) is 18.9. The Labute approximate surface area is 309 Å². The first-order valence-electron chi connectivity index (χ1n) is 17.5. The van der Waals surface area contributed by atoms with Crippen LogP contribution in [0.3, 0.4) is 0 Å². The zero-order valence-electron chi connectivity index (χ0n) is 29.9. The van der Waals surface area contributed by atoms with Gasteiger partial charge in [-0.1, -0.05) is 43.4 Å². The van der Waals surface area contributed by atoms with Gasteiger partial charge in [0, 0.05) is 51.8 Å². The molecule has 2 aromatic carbocycles. The molecule has 13 heteroatoms. The van der Waals surface area contributed by atoms with E-state index in [2.05, 4.69) is 23.2 Å². The Morgan fingerprint density at radius 3 is 2.17 bits per heavy atom. The van der Waals surface area contributed by atoms with E-state index >= 15 is 0 Å². The van der Waals surface area contributed by atoms with Crippen molar-refractivity contribution >= 4 is 39.1 Å². The minimum Gasteiger partial charge on any atom is -0.507 e. The second-order valence-electron chi connectivity index (χ2n) is 14.2. The topological polar surface area (TPSA) is 202 Å². The number of nitriles is 1. The molecular formula is C40H42N4O8S. The predicted octanol–water partition coefficient (Wildman–Crippen LogP) is 8.37. The van der Waals surface area contributed by atoms with Crippen LogP contribution in [0.1, 0.15) is 94.7 Å². The molecule has 2 aromatic rings. The van der Waals surface area contributed by atoms with Crippen LogP contribution in [0.4, 0.5) is 11.4 Å². The molecule has 2 atom stereocenters. The van der Waals surface area contributed by atoms with Gasteiger partial charge in [0.2, 0.25) is 0 Å². The number of rotatable bonds is 15. The highest BCUT2D eigenvalue weighted by Gasteiger charge is 2.43. The van der Waals surface area contributed by atoms with Crippen molar-refractivity contribution < 1.29 is 37.9 Å². The highest BCUT2D eigenvalue weighted by atomic mass is 32.2. The van der Waals surface area contributed by atoms with Crippen molar-refractivity contribution in [2.24, 2.45) is 4.99 Å². The lowest BCUT2D eigenvalue weighted by atomic mass is 9.72. The smallest absolute Gasteiger partial charge is 0.303 e. The van der Waals surface area contributed by atoms with Crippen molar-refractivity contribution in [3.63, 3.8) is 0 Å². The number of hydrogen-bond acceptors (Lipinski definition) is 8. The van der Waals surface area contributed by atoms with Gasteiger partial charge in [0.25, 0.3) is 15.8 Å². The number of anilines is 1. The molecule has 2 aliphatic heterocycles. The maximum atomic E-state index is 12.1. The van der Waals surface area contributed by atoms with Gasteiger partial charge < -0.3 is 20.6 Å². The molecule has 0 unspecified atom stereocenters. The number of aliphatic hydroxyl groups is 1. The number of benzene rings is 2. The molecule has 53 heavy (non-hydrogen) atoms. The van der Waals surface area contributed by atoms with Crippen LogP contribution in [-0.2, 0) is 30.5 Å². The summed E-state index contributed by atoms with van der Waals surface area (Å²) in [5.41, 5.74) is 4.25. The number of aryl methyl sites for hydroxylation is 1. The largest absolute Gasteiger partial charge is 0.507 e. The standard InChI is InChI=1S/C40H42N4O8S/c1-24-13-15-30-28(19-24)39(2,17-9-5-7-11-35(45)46)33(43-30)21-26-37(32(23-41)42-4)27(38(26)49)22-34-40(3,18-10-6-8-12-36(47)48)29-20-25(53(50,51)52)14-16-31(29)44-34/h13-16,19-22,43,49H,5-12,17-18H2,1-3H3,(H,45,46)(H,47,48)(H,50,51,52)/b27-22?,33-21?,37-32+/t39-,40-/m1/s1. The number of aliphatic carboxylic acids is 2. The molecule has 0 radical (unpaired) electrons. The van der Waals surface area contributed by atoms with Gasteiger partial charge in [-0.25, -0.2) is 10.1 Å². The number of carboxylic acid groups (broad SMARTS) is 2. The molecule has 0 saturated carbocycles. The number of allylic oxidation sites excluding steroid dienone is 6. The van der Waals surface area contributed by atoms with Crippen molar-refractivity contribution in [2.45, 2.75) is 101 Å². The Bertz CT molecular complexity index is 2220. The number of fused-ring (bicyclic) bond motifs is 2. The van der Waals surface area contributed by atoms with E-state index in [9.17, 15) is 32.9 Å². The molecule has 0 amide bonds. The van der Waals surface area contributed by atoms with Crippen LogP contribution < -0.4 is 5.32 Å². The van der Waals surface area contributed by atoms with E-state index in [1.165, 1.54) is 18.2 Å². The number of aliphatic imine (C=N–C) groups is 1. The summed E-state index contributed by atoms with van der Waals surface area (Å²) in [5, 5.41) is 43.4. The third-order valence-electron chi connectivity index (χ3n) is 10.5. The normalized spacial score (nSPS) is 22.7. The van der Waals surface area contributed by atoms with E-state index in [1.54, 1.807) is 12.2 Å². The fourth-order valence-electron chi connectivity index (χ4n) is 7.46. The van der Waals surface area contributed by atoms with Crippen molar-refractivity contribution in [3.8, 4) is 6.07 Å². The van der Waals surface area contributed by atoms with Crippen LogP contribution in [0.5, 0.6) is 0 Å². The molecule has 0 aromatic heterocycles. The quantitative estimate of drug-likeness (QED) is 0.0511. The zero-order chi connectivity index (χ0) is 38.7. The lowest BCUT2D eigenvalue weighted by molar-refractivity contribution is -0.138. The van der Waals surface area contributed by atoms with Crippen molar-refractivity contribution in [1.29, 1.82) is 5.26 Å². The average Bonchev–Trinajstić information content (AvgIpc) is 3.53. The van der Waals surface area contributed by atoms with E-state index in [1.807, 2.05) is 32.0 Å². The second-order valence-corrected chi connectivity index (χ2v) is 15.6. The average molecular weight is 739 g/mol. The molecule has 3 aliphatic rings. The zero-order valence-corrected chi connectivity index (χ0v) is 30.7. The maximum Gasteiger partial charge on any atom is 0.303 e. The third kappa shape index (κ3) is 7.82. The highest BCUT2D eigenvalue weighted by molar-refractivity contribution is 7.85. The van der Waals surface area contributed by atoms with Crippen LogP contribution in [0.15, 0.2) is 92.3 Å². The van der Waals surface area contributed by atoms with Gasteiger partial charge in [-0.2, -0.15) is 8.42 Å². The van der Waals surface area contributed by atoms with Gasteiger partial charge in [-0.3, -0.25) is 19.1 Å². The second kappa shape index (κ2) is 15.2. The predicted molar refractivity (Wildman–Crippen MR) is 199 cm³/mol. The number of nitrogens with zero attached hydrogens (tertiary/aromatic N) is 3. The minimum absolute atomic E-state index is 0.00713. The fraction of sp³-hybridized carbons (Fsp3) is 0.375. The Balaban J connectivity index is 1.57. The Morgan fingerprint density at radius 2 is 1.58 bits per heavy atom. The summed E-state index contributed by atoms with van der Waals surface area (Å²) >= 11 is 0. The molecule has 276 valence electrons. The van der Waals surface area contributed by atoms with E-state index < -0.39 is 32.9 Å². The van der Waals surface area contributed by atoms with Crippen LogP contribution >= 0.6 is 0 Å². The van der Waals surface area contributed by atoms with Crippen LogP contribution in [-0.4, -0.2) is 45.9 Å². The molecule has 2 heterocycles. The molecule has 5 N–H and O–H groups in total. The number of carboxylic acids is 2. The van der Waals surface area contributed by atoms with Crippen molar-refractivity contribution in [2.75, 3.05) is 5.32 Å². The van der Waals surface area contributed by atoms with E-state index in [4.69, 9.17) is 21.8 Å². The lowest BCUT2D eigenvalue weighted by Gasteiger charge is -2.32. The number of nitrogens with one attached hydrogen (secondary N) is 1. The van der Waals surface area contributed by atoms with Gasteiger partial charge >= 0.3 is 11.9 Å². The van der Waals surface area contributed by atoms with E-state index in [0.717, 1.165) is 28.9 Å². The number of hydrogen-bond donors (Lipinski definition) is 5. The molecule has 0 saturated heterocycles. The molecule has 5 rings (SSSR count). The van der Waals surface area contributed by atoms with Gasteiger partial charge in [0.15, 0.2) is 0 Å². The summed E-state index contributed by atoms with van der Waals surface area (Å²) in [4.78, 5) is 30.1. The monoisotopic (exact) mass is 738 g/mol. The van der Waals surface area contributed by atoms with Crippen molar-refractivity contribution in [1.82, 2.24) is 0 Å². The van der Waals surface area contributed by atoms with Crippen LogP contribution in [0.2, 0.25) is 0 Å². The molecule has 0 bridgehead atoms. The first-order chi connectivity index (χ1) is 25.0. The third-order valence-corrected chi connectivity index (χ3v) is 11.4. The van der Waals surface area contributed by atoms with E-state index in [-0.39, 0.29) is 40.3 Å². The Hall–Kier alpha value is -5.50. The summed E-state index contributed by atoms with van der Waals surface area (Å²) in [5.74, 6) is -1.89. The van der Waals surface area contributed by atoms with Crippen LogP contribution in [0, 0.1) is 24.8 Å². The Kier molecular flexibility index (Phi) is 11.1. The van der Waals surface area contributed by atoms with Crippen LogP contribution in [0.25, 0.3) is 4.85 Å². The summed E-state index contributed by atoms with van der Waals surface area (Å²) in [6.07, 6.45) is 8.18. The lowest BCUT2D eigenvalue weighted by Crippen LogP contribution is -2.30. The van der Waals surface area contributed by atoms with Gasteiger partial charge in [0.05, 0.1) is 28.9 Å². The van der Waals surface area contributed by atoms with Crippen molar-refractivity contribution in [3.05, 3.63) is 111 Å². The maximum absolute atomic E-state index is 12.1. The molecule has 0 fully saturated rings.